The molecule has 17 heteroatoms. The zero-order valence-corrected chi connectivity index (χ0v) is 24.9. The van der Waals surface area contributed by atoms with Crippen molar-refractivity contribution < 1.29 is 32.5 Å². The summed E-state index contributed by atoms with van der Waals surface area (Å²) < 4.78 is 39.2. The summed E-state index contributed by atoms with van der Waals surface area (Å²) in [6.07, 6.45) is 0. The van der Waals surface area contributed by atoms with Crippen LogP contribution >= 0.6 is 0 Å². The molecule has 0 spiro atoms. The zero-order chi connectivity index (χ0) is 33.7. The summed E-state index contributed by atoms with van der Waals surface area (Å²) >= 11 is 0. The van der Waals surface area contributed by atoms with E-state index in [0.717, 1.165) is 6.07 Å². The number of ether oxygens (including phenoxy) is 1. The molecule has 0 aliphatic heterocycles. The van der Waals surface area contributed by atoms with Crippen LogP contribution in [0.25, 0.3) is 10.8 Å². The number of aryl methyl sites for hydroxylation is 1. The van der Waals surface area contributed by atoms with Crippen molar-refractivity contribution in [3.05, 3.63) is 101 Å². The third-order valence-corrected chi connectivity index (χ3v) is 7.47. The number of rotatable bonds is 10. The number of hydrogen-bond acceptors (Lipinski definition) is 14. The van der Waals surface area contributed by atoms with Crippen molar-refractivity contribution in [2.24, 2.45) is 30.7 Å². The summed E-state index contributed by atoms with van der Waals surface area (Å²) in [5.74, 6) is -0.233. The summed E-state index contributed by atoms with van der Waals surface area (Å²) in [6.45, 7) is 2.10. The molecule has 0 saturated heterocycles. The van der Waals surface area contributed by atoms with Crippen LogP contribution in [0.3, 0.4) is 0 Å². The van der Waals surface area contributed by atoms with Crippen molar-refractivity contribution in [1.82, 2.24) is 0 Å². The van der Waals surface area contributed by atoms with E-state index in [9.17, 15) is 33.0 Å². The Labute approximate surface area is 265 Å². The minimum Gasteiger partial charge on any atom is -0.505 e. The van der Waals surface area contributed by atoms with Crippen molar-refractivity contribution in [3.8, 4) is 11.5 Å². The number of nitro benzene ring substituents is 1. The molecule has 0 unspecified atom stereocenters. The van der Waals surface area contributed by atoms with Gasteiger partial charge >= 0.3 is 0 Å². The first-order valence-corrected chi connectivity index (χ1v) is 14.7. The molecule has 5 rings (SSSR count). The van der Waals surface area contributed by atoms with E-state index >= 15 is 0 Å². The Morgan fingerprint density at radius 1 is 0.809 bits per heavy atom. The van der Waals surface area contributed by atoms with E-state index < -0.39 is 25.7 Å². The van der Waals surface area contributed by atoms with Crippen LogP contribution in [0.15, 0.2) is 121 Å². The second kappa shape index (κ2) is 13.3. The van der Waals surface area contributed by atoms with Crippen LogP contribution in [0, 0.1) is 17.0 Å². The average molecular weight is 655 g/mol. The van der Waals surface area contributed by atoms with Gasteiger partial charge in [0.25, 0.3) is 22.3 Å². The largest absolute Gasteiger partial charge is 0.505 e. The minimum absolute atomic E-state index is 0.0670. The highest BCUT2D eigenvalue weighted by Gasteiger charge is 2.22. The van der Waals surface area contributed by atoms with E-state index in [2.05, 4.69) is 30.7 Å². The van der Waals surface area contributed by atoms with Gasteiger partial charge in [0.1, 0.15) is 22.0 Å². The Morgan fingerprint density at radius 3 is 2.09 bits per heavy atom. The number of carbonyl (C=O) groups excluding carboxylic acids is 1. The lowest BCUT2D eigenvalue weighted by atomic mass is 10.1. The van der Waals surface area contributed by atoms with Gasteiger partial charge in [-0.2, -0.15) is 28.9 Å². The normalized spacial score (nSPS) is 12.0. The molecule has 4 N–H and O–H groups in total. The highest BCUT2D eigenvalue weighted by Crippen LogP contribution is 2.45. The number of nitro groups is 1. The van der Waals surface area contributed by atoms with Gasteiger partial charge in [-0.1, -0.05) is 12.1 Å². The number of phenolic OH excluding ortho intramolecular Hbond substituents is 1. The first-order valence-electron chi connectivity index (χ1n) is 13.3. The molecule has 236 valence electrons. The fraction of sp³-hybridized carbons (Fsp3) is 0.0333. The van der Waals surface area contributed by atoms with Gasteiger partial charge in [0.2, 0.25) is 0 Å². The molecule has 47 heavy (non-hydrogen) atoms. The van der Waals surface area contributed by atoms with Crippen LogP contribution in [0.4, 0.5) is 45.5 Å². The smallest absolute Gasteiger partial charge is 0.298 e. The molecule has 0 fully saturated rings. The number of phenols is 1. The second-order valence-corrected chi connectivity index (χ2v) is 11.1. The zero-order valence-electron chi connectivity index (χ0n) is 24.1. The van der Waals surface area contributed by atoms with Gasteiger partial charge in [0.15, 0.2) is 5.75 Å². The Balaban J connectivity index is 1.46. The monoisotopic (exact) mass is 654 g/mol. The molecule has 0 aromatic heterocycles. The van der Waals surface area contributed by atoms with Gasteiger partial charge in [0, 0.05) is 23.6 Å². The molecular formula is C30H22N8O8S. The van der Waals surface area contributed by atoms with Crippen LogP contribution < -0.4 is 10.5 Å². The molecule has 0 aliphatic carbocycles. The number of benzene rings is 5. The first-order chi connectivity index (χ1) is 22.4. The number of nitrogen functional groups attached to an aromatic ring is 1. The highest BCUT2D eigenvalue weighted by atomic mass is 32.2. The quantitative estimate of drug-likeness (QED) is 0.0326. The fourth-order valence-electron chi connectivity index (χ4n) is 4.31. The molecule has 0 saturated carbocycles. The molecule has 5 aromatic rings. The molecule has 0 aliphatic rings. The van der Waals surface area contributed by atoms with E-state index in [-0.39, 0.29) is 39.2 Å². The molecular weight excluding hydrogens is 632 g/mol. The van der Waals surface area contributed by atoms with Crippen molar-refractivity contribution in [1.29, 1.82) is 0 Å². The number of nitrogens with two attached hydrogens (primary N) is 1. The van der Waals surface area contributed by atoms with E-state index in [1.54, 1.807) is 49.4 Å². The number of nitrogens with zero attached hydrogens (tertiary/aromatic N) is 7. The lowest BCUT2D eigenvalue weighted by Gasteiger charge is -2.12. The van der Waals surface area contributed by atoms with Crippen LogP contribution in [-0.2, 0) is 14.9 Å². The molecule has 5 aromatic carbocycles. The number of non-ortho nitro benzene ring substituents is 1. The SMILES string of the molecule is Cc1cc(/N=N/c2ccc3c(S(=O)(=O)O)cc(/N=N/c4ccc([N+](=O)[O-])cc4)c(O)c3c2N)ccc1/N=N/c1cccc(OC=O)c1. The minimum atomic E-state index is -4.82. The van der Waals surface area contributed by atoms with E-state index in [1.165, 1.54) is 36.4 Å². The number of anilines is 1. The molecule has 0 atom stereocenters. The molecule has 0 amide bonds. The van der Waals surface area contributed by atoms with Gasteiger partial charge in [-0.15, -0.1) is 10.2 Å². The number of aromatic hydroxyl groups is 1. The summed E-state index contributed by atoms with van der Waals surface area (Å²) in [5, 5.41) is 46.2. The summed E-state index contributed by atoms with van der Waals surface area (Å²) in [5.41, 5.74) is 7.97. The lowest BCUT2D eigenvalue weighted by Crippen LogP contribution is -2.00. The summed E-state index contributed by atoms with van der Waals surface area (Å²) in [4.78, 5) is 20.3. The van der Waals surface area contributed by atoms with Gasteiger partial charge in [-0.05, 0) is 67.1 Å². The van der Waals surface area contributed by atoms with Crippen LogP contribution in [0.1, 0.15) is 5.56 Å². The van der Waals surface area contributed by atoms with E-state index in [1.807, 2.05) is 0 Å². The van der Waals surface area contributed by atoms with Crippen molar-refractivity contribution in [2.75, 3.05) is 5.73 Å². The predicted octanol–water partition coefficient (Wildman–Crippen LogP) is 8.37. The maximum absolute atomic E-state index is 12.2. The number of azo groups is 3. The van der Waals surface area contributed by atoms with Crippen molar-refractivity contribution in [2.45, 2.75) is 11.8 Å². The standard InChI is InChI=1S/C30H22N8O8S/c1-17-13-20(7-11-24(17)35-33-19-3-2-4-22(14-19)46-16-39)34-36-25-12-10-23-27(47(43,44)45)15-26(30(40)28(23)29(25)31)37-32-18-5-8-21(9-6-18)38(41)42/h2-16,40H,31H2,1H3,(H,43,44,45)/b35-33+,36-34+,37-32+. The third-order valence-electron chi connectivity index (χ3n) is 6.58. The average Bonchev–Trinajstić information content (AvgIpc) is 3.03. The predicted molar refractivity (Wildman–Crippen MR) is 170 cm³/mol. The topological polar surface area (TPSA) is 244 Å². The van der Waals surface area contributed by atoms with Gasteiger partial charge in [-0.3, -0.25) is 19.5 Å². The van der Waals surface area contributed by atoms with Gasteiger partial charge in [0.05, 0.1) is 38.7 Å². The van der Waals surface area contributed by atoms with E-state index in [4.69, 9.17) is 10.5 Å². The Morgan fingerprint density at radius 2 is 1.43 bits per heavy atom. The summed E-state index contributed by atoms with van der Waals surface area (Å²) in [7, 11) is -4.82. The molecule has 0 radical (unpaired) electrons. The van der Waals surface area contributed by atoms with Crippen molar-refractivity contribution >= 4 is 72.9 Å². The molecule has 0 heterocycles. The number of fused-ring (bicyclic) bond motifs is 1. The fourth-order valence-corrected chi connectivity index (χ4v) is 5.02. The maximum atomic E-state index is 12.2. The number of hydrogen-bond donors (Lipinski definition) is 3. The lowest BCUT2D eigenvalue weighted by molar-refractivity contribution is -0.384. The van der Waals surface area contributed by atoms with Crippen LogP contribution in [0.2, 0.25) is 0 Å². The van der Waals surface area contributed by atoms with Crippen LogP contribution in [0.5, 0.6) is 11.5 Å². The Bertz CT molecular complexity index is 2240. The highest BCUT2D eigenvalue weighted by molar-refractivity contribution is 7.86. The Kier molecular flexibility index (Phi) is 9.02. The molecule has 0 bridgehead atoms. The maximum Gasteiger partial charge on any atom is 0.298 e. The second-order valence-electron chi connectivity index (χ2n) is 9.69. The van der Waals surface area contributed by atoms with Crippen molar-refractivity contribution in [3.63, 3.8) is 0 Å². The van der Waals surface area contributed by atoms with E-state index in [0.29, 0.717) is 34.8 Å². The summed E-state index contributed by atoms with van der Waals surface area (Å²) in [6, 6.07) is 20.0. The third kappa shape index (κ3) is 7.27. The number of carbonyl (C=O) groups is 1. The first kappa shape index (κ1) is 31.9. The molecule has 16 nitrogen and oxygen atoms in total. The van der Waals surface area contributed by atoms with Crippen LogP contribution in [-0.4, -0.2) is 29.5 Å². The Hall–Kier alpha value is -6.46. The van der Waals surface area contributed by atoms with Gasteiger partial charge < -0.3 is 15.6 Å². The van der Waals surface area contributed by atoms with Gasteiger partial charge in [-0.25, -0.2) is 0 Å².